The summed E-state index contributed by atoms with van der Waals surface area (Å²) in [6.45, 7) is 1.48. The average molecular weight is 397 g/mol. The second-order valence-electron chi connectivity index (χ2n) is 6.94. The van der Waals surface area contributed by atoms with Crippen LogP contribution in [0.15, 0.2) is 24.3 Å². The van der Waals surface area contributed by atoms with Gasteiger partial charge in [0.2, 0.25) is 0 Å². The quantitative estimate of drug-likeness (QED) is 0.254. The third-order valence-electron chi connectivity index (χ3n) is 4.86. The summed E-state index contributed by atoms with van der Waals surface area (Å²) in [5.74, 6) is 10.8. The van der Waals surface area contributed by atoms with Gasteiger partial charge >= 0.3 is 0 Å². The second-order valence-corrected chi connectivity index (χ2v) is 6.94. The van der Waals surface area contributed by atoms with Gasteiger partial charge in [0.25, 0.3) is 11.8 Å². The number of carbonyl (C=O) groups is 2. The topological polar surface area (TPSA) is 120 Å². The van der Waals surface area contributed by atoms with Crippen LogP contribution in [0.25, 0.3) is 0 Å². The molecule has 0 spiro atoms. The molecule has 2 fully saturated rings. The van der Waals surface area contributed by atoms with Gasteiger partial charge in [-0.25, -0.2) is 5.48 Å². The van der Waals surface area contributed by atoms with E-state index in [1.807, 2.05) is 0 Å². The molecular formula is C21H23N3O5. The van der Waals surface area contributed by atoms with Crippen LogP contribution in [0.5, 0.6) is 0 Å². The van der Waals surface area contributed by atoms with Crippen LogP contribution in [0.2, 0.25) is 0 Å². The van der Waals surface area contributed by atoms with E-state index in [1.54, 1.807) is 29.7 Å². The maximum Gasteiger partial charge on any atom is 0.267 e. The molecule has 1 aliphatic carbocycles. The summed E-state index contributed by atoms with van der Waals surface area (Å²) >= 11 is 0. The summed E-state index contributed by atoms with van der Waals surface area (Å²) in [5.41, 5.74) is 2.65. The number of carbonyl (C=O) groups excluding carboxylic acids is 2. The van der Waals surface area contributed by atoms with E-state index in [9.17, 15) is 9.59 Å². The fourth-order valence-corrected chi connectivity index (χ4v) is 3.01. The maximum atomic E-state index is 12.5. The Bertz CT molecular complexity index is 856. The summed E-state index contributed by atoms with van der Waals surface area (Å²) in [7, 11) is 0. The van der Waals surface area contributed by atoms with Crippen LogP contribution in [-0.4, -0.2) is 60.6 Å². The first-order chi connectivity index (χ1) is 14.1. The Kier molecular flexibility index (Phi) is 7.23. The average Bonchev–Trinajstić information content (AvgIpc) is 3.54. The Morgan fingerprint density at radius 1 is 1.28 bits per heavy atom. The molecule has 0 bridgehead atoms. The number of aliphatic hydroxyl groups is 1. The molecular weight excluding hydrogens is 374 g/mol. The molecule has 0 radical (unpaired) electrons. The van der Waals surface area contributed by atoms with E-state index in [2.05, 4.69) is 34.3 Å². The molecule has 1 aliphatic heterocycles. The minimum absolute atomic E-state index is 0.168. The van der Waals surface area contributed by atoms with Gasteiger partial charge in [0.15, 0.2) is 0 Å². The number of amides is 2. The monoisotopic (exact) mass is 397 g/mol. The van der Waals surface area contributed by atoms with Crippen molar-refractivity contribution in [1.29, 1.82) is 0 Å². The molecule has 5 N–H and O–H groups in total. The van der Waals surface area contributed by atoms with Gasteiger partial charge in [-0.05, 0) is 48.4 Å². The lowest BCUT2D eigenvalue weighted by molar-refractivity contribution is -0.132. The lowest BCUT2D eigenvalue weighted by Crippen LogP contribution is -2.60. The largest absolute Gasteiger partial charge is 0.396 e. The van der Waals surface area contributed by atoms with Gasteiger partial charge in [-0.15, -0.1) is 0 Å². The standard InChI is InChI=1S/C21H23N3O5/c25-12-17-11-16(17)4-2-1-3-14-5-7-15(8-6-14)20(26)23-19(21(27)24-28)18-13-29-10-9-22-18/h5-8,16-19,22,25,28H,9-13H2,(H,23,26)(H,24,27)/t16?,17?,18-,19+/m1/s1. The Labute approximate surface area is 169 Å². The zero-order chi connectivity index (χ0) is 20.6. The van der Waals surface area contributed by atoms with Gasteiger partial charge in [0, 0.05) is 30.2 Å². The first-order valence-corrected chi connectivity index (χ1v) is 9.40. The Morgan fingerprint density at radius 2 is 2.07 bits per heavy atom. The molecule has 2 aliphatic rings. The molecule has 29 heavy (non-hydrogen) atoms. The predicted molar refractivity (Wildman–Crippen MR) is 104 cm³/mol. The molecule has 1 aromatic rings. The first-order valence-electron chi connectivity index (χ1n) is 9.40. The summed E-state index contributed by atoms with van der Waals surface area (Å²) in [5, 5.41) is 23.7. The van der Waals surface area contributed by atoms with Crippen molar-refractivity contribution in [3.05, 3.63) is 35.4 Å². The number of rotatable bonds is 5. The van der Waals surface area contributed by atoms with Crippen molar-refractivity contribution < 1.29 is 24.6 Å². The van der Waals surface area contributed by atoms with Crippen molar-refractivity contribution in [1.82, 2.24) is 16.1 Å². The van der Waals surface area contributed by atoms with Crippen LogP contribution in [0.3, 0.4) is 0 Å². The molecule has 8 heteroatoms. The molecule has 3 rings (SSSR count). The molecule has 152 valence electrons. The van der Waals surface area contributed by atoms with Crippen LogP contribution in [0.4, 0.5) is 0 Å². The Morgan fingerprint density at radius 3 is 2.69 bits per heavy atom. The number of aliphatic hydroxyl groups excluding tert-OH is 1. The van der Waals surface area contributed by atoms with Crippen LogP contribution in [0, 0.1) is 35.5 Å². The highest BCUT2D eigenvalue weighted by Gasteiger charge is 2.34. The van der Waals surface area contributed by atoms with E-state index < -0.39 is 23.9 Å². The van der Waals surface area contributed by atoms with Crippen LogP contribution in [0.1, 0.15) is 22.3 Å². The Hall–Kier alpha value is -2.88. The zero-order valence-electron chi connectivity index (χ0n) is 15.8. The Balaban J connectivity index is 1.59. The first kappa shape index (κ1) is 20.8. The van der Waals surface area contributed by atoms with Gasteiger partial charge in [0.1, 0.15) is 6.04 Å². The lowest BCUT2D eigenvalue weighted by atomic mass is 10.1. The van der Waals surface area contributed by atoms with Crippen molar-refractivity contribution in [2.75, 3.05) is 26.4 Å². The summed E-state index contributed by atoms with van der Waals surface area (Å²) in [6.07, 6.45) is 0.923. The third kappa shape index (κ3) is 5.80. The minimum Gasteiger partial charge on any atom is -0.396 e. The van der Waals surface area contributed by atoms with Crippen LogP contribution >= 0.6 is 0 Å². The molecule has 1 saturated carbocycles. The smallest absolute Gasteiger partial charge is 0.267 e. The van der Waals surface area contributed by atoms with Crippen molar-refractivity contribution in [3.63, 3.8) is 0 Å². The number of hydrogen-bond donors (Lipinski definition) is 5. The molecule has 1 saturated heterocycles. The van der Waals surface area contributed by atoms with Crippen molar-refractivity contribution in [2.24, 2.45) is 11.8 Å². The number of hydrogen-bond acceptors (Lipinski definition) is 6. The van der Waals surface area contributed by atoms with E-state index >= 15 is 0 Å². The van der Waals surface area contributed by atoms with Crippen molar-refractivity contribution >= 4 is 11.8 Å². The van der Waals surface area contributed by atoms with Crippen molar-refractivity contribution in [2.45, 2.75) is 18.5 Å². The van der Waals surface area contributed by atoms with Gasteiger partial charge in [-0.3, -0.25) is 14.8 Å². The summed E-state index contributed by atoms with van der Waals surface area (Å²) in [6, 6.07) is 5.18. The molecule has 1 aromatic carbocycles. The third-order valence-corrected chi connectivity index (χ3v) is 4.86. The summed E-state index contributed by atoms with van der Waals surface area (Å²) in [4.78, 5) is 24.5. The number of morpholine rings is 1. The second kappa shape index (κ2) is 10.1. The lowest BCUT2D eigenvalue weighted by Gasteiger charge is -2.30. The van der Waals surface area contributed by atoms with E-state index in [1.165, 1.54) is 0 Å². The van der Waals surface area contributed by atoms with Gasteiger partial charge in [-0.1, -0.05) is 11.8 Å². The van der Waals surface area contributed by atoms with Gasteiger partial charge in [-0.2, -0.15) is 0 Å². The van der Waals surface area contributed by atoms with E-state index in [0.717, 1.165) is 6.42 Å². The summed E-state index contributed by atoms with van der Waals surface area (Å²) < 4.78 is 5.32. The fourth-order valence-electron chi connectivity index (χ4n) is 3.01. The molecule has 2 unspecified atom stereocenters. The number of nitrogens with one attached hydrogen (secondary N) is 3. The highest BCUT2D eigenvalue weighted by Crippen LogP contribution is 2.36. The molecule has 4 atom stereocenters. The van der Waals surface area contributed by atoms with Crippen LogP contribution in [-0.2, 0) is 9.53 Å². The van der Waals surface area contributed by atoms with Gasteiger partial charge < -0.3 is 20.5 Å². The molecule has 2 amide bonds. The highest BCUT2D eigenvalue weighted by molar-refractivity contribution is 5.97. The van der Waals surface area contributed by atoms with Crippen molar-refractivity contribution in [3.8, 4) is 23.7 Å². The van der Waals surface area contributed by atoms with E-state index in [0.29, 0.717) is 24.3 Å². The van der Waals surface area contributed by atoms with E-state index in [-0.39, 0.29) is 25.0 Å². The van der Waals surface area contributed by atoms with E-state index in [4.69, 9.17) is 15.1 Å². The molecule has 1 heterocycles. The normalized spacial score (nSPS) is 23.4. The number of benzene rings is 1. The molecule has 0 aromatic heterocycles. The fraction of sp³-hybridized carbons (Fsp3) is 0.429. The number of hydroxylamine groups is 1. The molecule has 8 nitrogen and oxygen atoms in total. The van der Waals surface area contributed by atoms with Gasteiger partial charge in [0.05, 0.1) is 19.3 Å². The SMILES string of the molecule is O=C(N[C@H](C(=O)NO)[C@H]1COCCN1)c1ccc(C#CC#CC2CC2CO)cc1. The number of ether oxygens (including phenoxy) is 1. The minimum atomic E-state index is -0.979. The zero-order valence-corrected chi connectivity index (χ0v) is 15.8. The maximum absolute atomic E-state index is 12.5. The predicted octanol–water partition coefficient (Wildman–Crippen LogP) is -0.738. The highest BCUT2D eigenvalue weighted by atomic mass is 16.5. The van der Waals surface area contributed by atoms with Crippen LogP contribution < -0.4 is 16.1 Å².